The minimum atomic E-state index is 0.357. The molecular weight excluding hydrogens is 242 g/mol. The van der Waals surface area contributed by atoms with Crippen LogP contribution < -0.4 is 4.74 Å². The van der Waals surface area contributed by atoms with Gasteiger partial charge in [-0.05, 0) is 57.0 Å². The molecule has 0 radical (unpaired) electrons. The molecule has 0 bridgehead atoms. The summed E-state index contributed by atoms with van der Waals surface area (Å²) in [7, 11) is 2.20. The zero-order chi connectivity index (χ0) is 13.0. The van der Waals surface area contributed by atoms with Gasteiger partial charge in [-0.3, -0.25) is 0 Å². The molecule has 1 aromatic carbocycles. The van der Waals surface area contributed by atoms with Crippen molar-refractivity contribution in [1.29, 1.82) is 0 Å². The van der Waals surface area contributed by atoms with E-state index in [1.807, 2.05) is 0 Å². The Bertz CT molecular complexity index is 365. The third-order valence-electron chi connectivity index (χ3n) is 3.61. The van der Waals surface area contributed by atoms with Crippen molar-refractivity contribution in [2.24, 2.45) is 5.92 Å². The molecular formula is C15H23NOS. The summed E-state index contributed by atoms with van der Waals surface area (Å²) in [6.45, 7) is 4.62. The van der Waals surface area contributed by atoms with Gasteiger partial charge in [-0.25, -0.2) is 0 Å². The fourth-order valence-electron chi connectivity index (χ4n) is 2.55. The quantitative estimate of drug-likeness (QED) is 0.776. The van der Waals surface area contributed by atoms with Crippen molar-refractivity contribution in [2.75, 3.05) is 26.4 Å². The van der Waals surface area contributed by atoms with E-state index in [4.69, 9.17) is 4.74 Å². The number of benzene rings is 1. The minimum absolute atomic E-state index is 0.357. The SMILES string of the molecule is CSc1ccc(OC2CCCN(C)CC2C)cc1. The van der Waals surface area contributed by atoms with E-state index >= 15 is 0 Å². The summed E-state index contributed by atoms with van der Waals surface area (Å²) in [5.41, 5.74) is 0. The van der Waals surface area contributed by atoms with E-state index in [1.54, 1.807) is 11.8 Å². The number of hydrogen-bond acceptors (Lipinski definition) is 3. The van der Waals surface area contributed by atoms with Gasteiger partial charge in [0.05, 0.1) is 0 Å². The van der Waals surface area contributed by atoms with Gasteiger partial charge >= 0.3 is 0 Å². The standard InChI is InChI=1S/C15H23NOS/c1-12-11-16(2)10-4-5-15(12)17-13-6-8-14(18-3)9-7-13/h6-9,12,15H,4-5,10-11H2,1-3H3. The molecule has 18 heavy (non-hydrogen) atoms. The maximum absolute atomic E-state index is 6.16. The van der Waals surface area contributed by atoms with Crippen LogP contribution in [0.25, 0.3) is 0 Å². The van der Waals surface area contributed by atoms with Crippen molar-refractivity contribution in [3.63, 3.8) is 0 Å². The molecule has 0 amide bonds. The Labute approximate surface area is 115 Å². The highest BCUT2D eigenvalue weighted by Crippen LogP contribution is 2.24. The normalized spacial score (nSPS) is 25.7. The summed E-state index contributed by atoms with van der Waals surface area (Å²) in [5.74, 6) is 1.60. The lowest BCUT2D eigenvalue weighted by molar-refractivity contribution is 0.131. The van der Waals surface area contributed by atoms with Gasteiger partial charge < -0.3 is 9.64 Å². The summed E-state index contributed by atoms with van der Waals surface area (Å²) in [5, 5.41) is 0. The predicted octanol–water partition coefficient (Wildman–Crippen LogP) is 3.52. The highest BCUT2D eigenvalue weighted by molar-refractivity contribution is 7.98. The summed E-state index contributed by atoms with van der Waals surface area (Å²) >= 11 is 1.77. The Kier molecular flexibility index (Phi) is 4.95. The van der Waals surface area contributed by atoms with Crippen molar-refractivity contribution in [3.05, 3.63) is 24.3 Å². The lowest BCUT2D eigenvalue weighted by Gasteiger charge is -2.24. The van der Waals surface area contributed by atoms with Crippen LogP contribution in [0.15, 0.2) is 29.2 Å². The predicted molar refractivity (Wildman–Crippen MR) is 78.5 cm³/mol. The molecule has 0 aromatic heterocycles. The Morgan fingerprint density at radius 1 is 1.28 bits per heavy atom. The summed E-state index contributed by atoms with van der Waals surface area (Å²) in [6, 6.07) is 8.45. The fourth-order valence-corrected chi connectivity index (χ4v) is 2.96. The average molecular weight is 265 g/mol. The molecule has 1 saturated heterocycles. The first-order valence-electron chi connectivity index (χ1n) is 6.68. The van der Waals surface area contributed by atoms with E-state index in [1.165, 1.54) is 17.9 Å². The number of ether oxygens (including phenoxy) is 1. The summed E-state index contributed by atoms with van der Waals surface area (Å²) in [6.07, 6.45) is 4.85. The highest BCUT2D eigenvalue weighted by atomic mass is 32.2. The third kappa shape index (κ3) is 3.66. The first-order chi connectivity index (χ1) is 8.69. The van der Waals surface area contributed by atoms with Gasteiger partial charge in [-0.1, -0.05) is 6.92 Å². The smallest absolute Gasteiger partial charge is 0.119 e. The van der Waals surface area contributed by atoms with E-state index in [2.05, 4.69) is 49.4 Å². The average Bonchev–Trinajstić information content (AvgIpc) is 2.52. The van der Waals surface area contributed by atoms with Crippen molar-refractivity contribution >= 4 is 11.8 Å². The highest BCUT2D eigenvalue weighted by Gasteiger charge is 2.23. The third-order valence-corrected chi connectivity index (χ3v) is 4.35. The topological polar surface area (TPSA) is 12.5 Å². The zero-order valence-electron chi connectivity index (χ0n) is 11.6. The van der Waals surface area contributed by atoms with Crippen molar-refractivity contribution in [3.8, 4) is 5.75 Å². The number of thioether (sulfide) groups is 1. The molecule has 3 heteroatoms. The lowest BCUT2D eigenvalue weighted by atomic mass is 10.0. The molecule has 100 valence electrons. The molecule has 1 fully saturated rings. The summed E-state index contributed by atoms with van der Waals surface area (Å²) < 4.78 is 6.16. The van der Waals surface area contributed by atoms with Gasteiger partial charge in [-0.15, -0.1) is 11.8 Å². The van der Waals surface area contributed by atoms with Crippen LogP contribution in [-0.2, 0) is 0 Å². The van der Waals surface area contributed by atoms with E-state index < -0.39 is 0 Å². The Hall–Kier alpha value is -0.670. The van der Waals surface area contributed by atoms with Gasteiger partial charge in [0, 0.05) is 17.4 Å². The molecule has 0 aliphatic carbocycles. The molecule has 0 N–H and O–H groups in total. The minimum Gasteiger partial charge on any atom is -0.490 e. The number of rotatable bonds is 3. The molecule has 1 aliphatic rings. The van der Waals surface area contributed by atoms with Crippen LogP contribution in [0.2, 0.25) is 0 Å². The van der Waals surface area contributed by atoms with Crippen LogP contribution in [0.5, 0.6) is 5.75 Å². The zero-order valence-corrected chi connectivity index (χ0v) is 12.4. The maximum atomic E-state index is 6.16. The second-order valence-corrected chi connectivity index (χ2v) is 6.09. The Morgan fingerprint density at radius 3 is 2.67 bits per heavy atom. The molecule has 0 saturated carbocycles. The maximum Gasteiger partial charge on any atom is 0.119 e. The summed E-state index contributed by atoms with van der Waals surface area (Å²) in [4.78, 5) is 3.70. The van der Waals surface area contributed by atoms with Crippen LogP contribution in [-0.4, -0.2) is 37.4 Å². The molecule has 2 nitrogen and oxygen atoms in total. The van der Waals surface area contributed by atoms with Crippen molar-refractivity contribution < 1.29 is 4.74 Å². The first-order valence-corrected chi connectivity index (χ1v) is 7.91. The van der Waals surface area contributed by atoms with E-state index in [-0.39, 0.29) is 0 Å². The van der Waals surface area contributed by atoms with Crippen molar-refractivity contribution in [2.45, 2.75) is 30.8 Å². The fraction of sp³-hybridized carbons (Fsp3) is 0.600. The van der Waals surface area contributed by atoms with Crippen LogP contribution in [0, 0.1) is 5.92 Å². The van der Waals surface area contributed by atoms with Crippen LogP contribution in [0.3, 0.4) is 0 Å². The Morgan fingerprint density at radius 2 is 2.00 bits per heavy atom. The van der Waals surface area contributed by atoms with Gasteiger partial charge in [-0.2, -0.15) is 0 Å². The second kappa shape index (κ2) is 6.48. The van der Waals surface area contributed by atoms with E-state index in [0.29, 0.717) is 12.0 Å². The molecule has 2 rings (SSSR count). The van der Waals surface area contributed by atoms with Gasteiger partial charge in [0.25, 0.3) is 0 Å². The molecule has 1 aromatic rings. The first kappa shape index (κ1) is 13.8. The van der Waals surface area contributed by atoms with Crippen LogP contribution in [0.4, 0.5) is 0 Å². The number of likely N-dealkylation sites (tertiary alicyclic amines) is 1. The second-order valence-electron chi connectivity index (χ2n) is 5.21. The van der Waals surface area contributed by atoms with E-state index in [0.717, 1.165) is 18.7 Å². The largest absolute Gasteiger partial charge is 0.490 e. The molecule has 0 spiro atoms. The van der Waals surface area contributed by atoms with Crippen LogP contribution in [0.1, 0.15) is 19.8 Å². The lowest BCUT2D eigenvalue weighted by Crippen LogP contribution is -2.30. The van der Waals surface area contributed by atoms with Crippen molar-refractivity contribution in [1.82, 2.24) is 4.90 Å². The number of nitrogens with zero attached hydrogens (tertiary/aromatic N) is 1. The van der Waals surface area contributed by atoms with Gasteiger partial charge in [0.1, 0.15) is 11.9 Å². The number of hydrogen-bond donors (Lipinski definition) is 0. The van der Waals surface area contributed by atoms with Gasteiger partial charge in [0.15, 0.2) is 0 Å². The monoisotopic (exact) mass is 265 g/mol. The molecule has 1 aliphatic heterocycles. The molecule has 2 unspecified atom stereocenters. The van der Waals surface area contributed by atoms with E-state index in [9.17, 15) is 0 Å². The van der Waals surface area contributed by atoms with Crippen LogP contribution >= 0.6 is 11.8 Å². The molecule has 1 heterocycles. The Balaban J connectivity index is 1.98. The molecule has 2 atom stereocenters. The van der Waals surface area contributed by atoms with Gasteiger partial charge in [0.2, 0.25) is 0 Å².